The first kappa shape index (κ1) is 86.5. The topological polar surface area (TPSA) is 317 Å². The van der Waals surface area contributed by atoms with Gasteiger partial charge in [0.25, 0.3) is 0 Å². The number of aryl methyl sites for hydroxylation is 2. The van der Waals surface area contributed by atoms with Gasteiger partial charge in [-0.05, 0) is 141 Å². The smallest absolute Gasteiger partial charge is 0.332 e. The number of morpholine rings is 3. The Morgan fingerprint density at radius 1 is 0.487 bits per heavy atom. The van der Waals surface area contributed by atoms with Crippen LogP contribution in [-0.4, -0.2) is 217 Å². The third kappa shape index (κ3) is 20.6. The predicted octanol–water partition coefficient (Wildman–Crippen LogP) is 12.2. The highest BCUT2D eigenvalue weighted by Gasteiger charge is 2.41. The largest absolute Gasteiger partial charge is 0.462 e. The Morgan fingerprint density at radius 3 is 1.43 bits per heavy atom. The van der Waals surface area contributed by atoms with Crippen molar-refractivity contribution < 1.29 is 86.5 Å². The zero-order valence-corrected chi connectivity index (χ0v) is 67.4. The number of ether oxygens (including phenoxy) is 4. The number of oxime groups is 3. The normalized spacial score (nSPS) is 17.0. The summed E-state index contributed by atoms with van der Waals surface area (Å²) in [5.41, 5.74) is 4.44. The zero-order valence-electron chi connectivity index (χ0n) is 67.4. The van der Waals surface area contributed by atoms with Gasteiger partial charge in [-0.3, -0.25) is 43.5 Å². The Labute approximate surface area is 668 Å². The Bertz CT molecular complexity index is 5020. The lowest BCUT2D eigenvalue weighted by molar-refractivity contribution is -0.141. The number of para-hydroxylation sites is 1. The highest BCUT2D eigenvalue weighted by molar-refractivity contribution is 6.53. The van der Waals surface area contributed by atoms with E-state index in [1.165, 1.54) is 20.8 Å². The van der Waals surface area contributed by atoms with Crippen molar-refractivity contribution in [2.24, 2.45) is 21.4 Å². The van der Waals surface area contributed by atoms with E-state index in [0.717, 1.165) is 53.0 Å². The van der Waals surface area contributed by atoms with E-state index in [9.17, 15) is 53.1 Å². The van der Waals surface area contributed by atoms with Gasteiger partial charge in [-0.25, -0.2) is 19.2 Å². The number of aliphatic hydroxyl groups excluding tert-OH is 1. The zero-order chi connectivity index (χ0) is 82.9. The molecular formula is C88H103N9O18. The Morgan fingerprint density at radius 2 is 0.939 bits per heavy atom. The van der Waals surface area contributed by atoms with E-state index in [1.807, 2.05) is 130 Å². The van der Waals surface area contributed by atoms with Crippen molar-refractivity contribution in [1.29, 1.82) is 0 Å². The summed E-state index contributed by atoms with van der Waals surface area (Å²) in [4.78, 5) is 149. The van der Waals surface area contributed by atoms with Gasteiger partial charge >= 0.3 is 23.9 Å². The number of hydrogen-bond acceptors (Lipinski definition) is 24. The average molecular weight is 1570 g/mol. The molecule has 0 radical (unpaired) electrons. The van der Waals surface area contributed by atoms with Gasteiger partial charge in [-0.15, -0.1) is 0 Å². The number of aromatic nitrogens is 3. The number of benzene rings is 5. The average Bonchev–Trinajstić information content (AvgIpc) is 1.64. The number of hydrogen-bond donors (Lipinski definition) is 1. The second-order valence-corrected chi connectivity index (χ2v) is 30.1. The van der Waals surface area contributed by atoms with Crippen LogP contribution in [0, 0.1) is 5.92 Å². The molecule has 27 heteroatoms. The van der Waals surface area contributed by atoms with E-state index in [2.05, 4.69) is 41.6 Å². The molecule has 0 bridgehead atoms. The standard InChI is InChI=1S/C31H33N3O7.C29H39N3O6.C28H31N3O5/c1-5-28(36)40-17-14-26(32-41-21(2)35)29(37)22-10-12-23(13-11-22)34-20-25(24-8-6-7-9-27(24)34)30(38)31(3,4)33-15-18-39-19-16-33;1-5-31-18-23(27(35)24(30-38-19(2)33)17-20-8-6-7-9-26(20)34)22-16-21(10-11-25(22)31)28(36)29(3,4)32-12-14-37-15-13-32;1-5-30-18-23(26(33)25(29-36-19(2)32)20-9-7-6-8-10-20)22-17-21(11-12-24(22)30)27(34)28(3,4)31-13-15-35-16-14-31/h5-13,20H,1,14-19H2,2-4H3;10-11,16,18,20,26,34H,5-9,12-15,17H2,1-4H3;6-12,17-18H,5,13-16H2,1-4H3/b32-26+;30-24+;29-25+. The minimum Gasteiger partial charge on any atom is -0.462 e. The number of rotatable bonds is 28. The number of nitrogens with zero attached hydrogens (tertiary/aromatic N) is 9. The second-order valence-electron chi connectivity index (χ2n) is 30.1. The van der Waals surface area contributed by atoms with E-state index in [0.29, 0.717) is 148 Å². The minimum absolute atomic E-state index is 0.0182. The molecule has 8 aromatic rings. The molecule has 6 heterocycles. The van der Waals surface area contributed by atoms with E-state index in [1.54, 1.807) is 73.1 Å². The van der Waals surface area contributed by atoms with Crippen LogP contribution in [0.25, 0.3) is 38.4 Å². The summed E-state index contributed by atoms with van der Waals surface area (Å²) in [6.45, 7) is 31.3. The summed E-state index contributed by atoms with van der Waals surface area (Å²) in [7, 11) is 0. The Balaban J connectivity index is 0.000000183. The number of Topliss-reactive ketones (excluding diaryl/α,β-unsaturated/α-hetero) is 6. The Hall–Kier alpha value is -10.9. The number of carbonyl (C=O) groups is 10. The number of carbonyl (C=O) groups excluding carboxylic acids is 10. The van der Waals surface area contributed by atoms with Crippen LogP contribution in [0.4, 0.5) is 0 Å². The molecule has 608 valence electrons. The van der Waals surface area contributed by atoms with Crippen molar-refractivity contribution in [1.82, 2.24) is 28.4 Å². The number of esters is 1. The lowest BCUT2D eigenvalue weighted by atomic mass is 9.82. The lowest BCUT2D eigenvalue weighted by Crippen LogP contribution is -2.54. The van der Waals surface area contributed by atoms with Crippen molar-refractivity contribution in [2.45, 2.75) is 150 Å². The molecule has 3 aliphatic heterocycles. The molecular weight excluding hydrogens is 1470 g/mol. The molecule has 12 rings (SSSR count). The fourth-order valence-electron chi connectivity index (χ4n) is 14.9. The molecule has 4 aliphatic rings. The molecule has 3 aromatic heterocycles. The first-order chi connectivity index (χ1) is 55.0. The molecule has 27 nitrogen and oxygen atoms in total. The third-order valence-corrected chi connectivity index (χ3v) is 21.6. The molecule has 3 saturated heterocycles. The van der Waals surface area contributed by atoms with Crippen molar-refractivity contribution in [2.75, 3.05) is 85.5 Å². The summed E-state index contributed by atoms with van der Waals surface area (Å²) in [5.74, 6) is -3.96. The Kier molecular flexibility index (Phi) is 29.3. The molecule has 1 N–H and O–H groups in total. The SMILES string of the molecule is C=CC(=O)OCC/C(=N\OC(C)=O)C(=O)c1ccc(-n2cc(C(=O)C(C)(C)N3CCOCC3)c3ccccc32)cc1.CCn1cc(C(=O)/C(=N/OC(C)=O)c2ccccc2)c2cc(C(=O)C(C)(C)N3CCOCC3)ccc21.CCn1cc(C(=O)/C(CC2CCCCC2O)=N/OC(C)=O)c2cc(C(=O)C(C)(C)N3CCOCC3)ccc21. The van der Waals surface area contributed by atoms with Crippen LogP contribution in [0.2, 0.25) is 0 Å². The fourth-order valence-corrected chi connectivity index (χ4v) is 14.9. The molecule has 5 aromatic carbocycles. The fraction of sp³-hybridized carbons (Fsp3) is 0.420. The van der Waals surface area contributed by atoms with Crippen molar-refractivity contribution in [3.05, 3.63) is 185 Å². The van der Waals surface area contributed by atoms with Crippen LogP contribution in [0.5, 0.6) is 0 Å². The van der Waals surface area contributed by atoms with Gasteiger partial charge in [0.15, 0.2) is 23.1 Å². The predicted molar refractivity (Wildman–Crippen MR) is 435 cm³/mol. The minimum atomic E-state index is -0.728. The molecule has 0 spiro atoms. The number of ketones is 6. The van der Waals surface area contributed by atoms with Gasteiger partial charge in [-0.2, -0.15) is 0 Å². The maximum absolute atomic E-state index is 13.9. The van der Waals surface area contributed by atoms with E-state index < -0.39 is 58.2 Å². The van der Waals surface area contributed by atoms with Crippen LogP contribution in [0.1, 0.15) is 182 Å². The summed E-state index contributed by atoms with van der Waals surface area (Å²) in [6.07, 6.45) is 9.40. The van der Waals surface area contributed by atoms with Gasteiger partial charge in [0.05, 0.1) is 74.5 Å². The monoisotopic (exact) mass is 1570 g/mol. The van der Waals surface area contributed by atoms with E-state index in [4.69, 9.17) is 28.6 Å². The van der Waals surface area contributed by atoms with Gasteiger partial charge in [0, 0.05) is 182 Å². The first-order valence-corrected chi connectivity index (χ1v) is 39.0. The molecule has 115 heavy (non-hydrogen) atoms. The number of aliphatic hydroxyl groups is 1. The summed E-state index contributed by atoms with van der Waals surface area (Å²) < 4.78 is 27.2. The van der Waals surface area contributed by atoms with E-state index >= 15 is 0 Å². The molecule has 1 saturated carbocycles. The van der Waals surface area contributed by atoms with Crippen LogP contribution in [0.15, 0.2) is 162 Å². The van der Waals surface area contributed by atoms with Crippen LogP contribution < -0.4 is 0 Å². The summed E-state index contributed by atoms with van der Waals surface area (Å²) in [5, 5.41) is 24.2. The van der Waals surface area contributed by atoms with Crippen molar-refractivity contribution >= 4 is 108 Å². The second kappa shape index (κ2) is 38.9. The lowest BCUT2D eigenvalue weighted by Gasteiger charge is -2.39. The maximum Gasteiger partial charge on any atom is 0.332 e. The highest BCUT2D eigenvalue weighted by atomic mass is 16.7. The number of fused-ring (bicyclic) bond motifs is 3. The van der Waals surface area contributed by atoms with Crippen LogP contribution in [0.3, 0.4) is 0 Å². The van der Waals surface area contributed by atoms with Gasteiger partial charge in [-0.1, -0.05) is 83.4 Å². The van der Waals surface area contributed by atoms with Crippen LogP contribution in [-0.2, 0) is 65.7 Å². The third-order valence-electron chi connectivity index (χ3n) is 21.6. The molecule has 4 fully saturated rings. The maximum atomic E-state index is 13.9. The van der Waals surface area contributed by atoms with Gasteiger partial charge in [0.2, 0.25) is 17.3 Å². The quantitative estimate of drug-likeness (QED) is 0.0119. The first-order valence-electron chi connectivity index (χ1n) is 39.0. The molecule has 0 amide bonds. The summed E-state index contributed by atoms with van der Waals surface area (Å²) >= 11 is 0. The van der Waals surface area contributed by atoms with Crippen LogP contribution >= 0.6 is 0 Å². The highest BCUT2D eigenvalue weighted by Crippen LogP contribution is 2.35. The molecule has 1 aliphatic carbocycles. The summed E-state index contributed by atoms with van der Waals surface area (Å²) in [6, 6.07) is 34.3. The van der Waals surface area contributed by atoms with Gasteiger partial charge < -0.3 is 52.3 Å². The van der Waals surface area contributed by atoms with Crippen molar-refractivity contribution in [3.63, 3.8) is 0 Å². The molecule has 2 atom stereocenters. The van der Waals surface area contributed by atoms with E-state index in [-0.39, 0.29) is 65.6 Å². The van der Waals surface area contributed by atoms with Crippen molar-refractivity contribution in [3.8, 4) is 5.69 Å². The molecule has 2 unspecified atom stereocenters. The van der Waals surface area contributed by atoms with Gasteiger partial charge in [0.1, 0.15) is 11.4 Å².